The number of imidazole rings is 1. The summed E-state index contributed by atoms with van der Waals surface area (Å²) in [5.74, 6) is 1.99. The number of allylic oxidation sites excluding steroid dienone is 2. The van der Waals surface area contributed by atoms with E-state index >= 15 is 0 Å². The summed E-state index contributed by atoms with van der Waals surface area (Å²) in [5, 5.41) is 10.7. The molecule has 1 aliphatic rings. The highest BCUT2D eigenvalue weighted by Crippen LogP contribution is 2.44. The maximum atomic E-state index is 14.8. The van der Waals surface area contributed by atoms with Crippen LogP contribution in [0.15, 0.2) is 64.7 Å². The minimum absolute atomic E-state index is 0.286. The molecule has 1 saturated carbocycles. The van der Waals surface area contributed by atoms with Gasteiger partial charge in [-0.1, -0.05) is 6.58 Å². The van der Waals surface area contributed by atoms with Gasteiger partial charge in [-0.3, -0.25) is 5.10 Å². The van der Waals surface area contributed by atoms with Gasteiger partial charge in [-0.15, -0.1) is 11.8 Å². The highest BCUT2D eigenvalue weighted by Gasteiger charge is 2.32. The number of halogens is 1. The standard InChI is InChI=1S/C25H30FN7S/c1-15-11-23(31-30-15)29-25(24(18-7-8-18)16(2)21-13-32(4)14-27-21)28-17(3)33(5)22-10-9-19(34-6)12-20(22)26/h9-14,18H,2,7-8H2,1,3-6H3,(H2,29,30,31)/b25-24-,28-17+. The van der Waals surface area contributed by atoms with E-state index < -0.39 is 0 Å². The average Bonchev–Trinajstić information content (AvgIpc) is 3.40. The van der Waals surface area contributed by atoms with E-state index in [2.05, 4.69) is 27.1 Å². The first-order valence-corrected chi connectivity index (χ1v) is 12.3. The number of hydrogen-bond donors (Lipinski definition) is 2. The molecule has 2 heterocycles. The minimum atomic E-state index is -0.286. The predicted octanol–water partition coefficient (Wildman–Crippen LogP) is 5.61. The van der Waals surface area contributed by atoms with Gasteiger partial charge in [0.25, 0.3) is 0 Å². The first kappa shape index (κ1) is 23.8. The molecular formula is C25H30FN7S. The molecule has 9 heteroatoms. The second kappa shape index (κ2) is 9.89. The summed E-state index contributed by atoms with van der Waals surface area (Å²) in [6.45, 7) is 8.18. The molecule has 0 aliphatic heterocycles. The van der Waals surface area contributed by atoms with Crippen molar-refractivity contribution in [3.05, 3.63) is 72.0 Å². The lowest BCUT2D eigenvalue weighted by molar-refractivity contribution is 0.624. The zero-order valence-electron chi connectivity index (χ0n) is 20.2. The van der Waals surface area contributed by atoms with Crippen LogP contribution < -0.4 is 10.2 Å². The fraction of sp³-hybridized carbons (Fsp3) is 0.320. The molecule has 4 rings (SSSR count). The van der Waals surface area contributed by atoms with Gasteiger partial charge in [-0.25, -0.2) is 14.4 Å². The topological polar surface area (TPSA) is 74.1 Å². The Labute approximate surface area is 203 Å². The van der Waals surface area contributed by atoms with Crippen LogP contribution >= 0.6 is 11.8 Å². The van der Waals surface area contributed by atoms with Crippen LogP contribution in [0, 0.1) is 18.7 Å². The molecule has 178 valence electrons. The lowest BCUT2D eigenvalue weighted by Crippen LogP contribution is -2.25. The Morgan fingerprint density at radius 1 is 1.35 bits per heavy atom. The van der Waals surface area contributed by atoms with Gasteiger partial charge in [-0.05, 0) is 57.1 Å². The second-order valence-electron chi connectivity index (χ2n) is 8.54. The Morgan fingerprint density at radius 3 is 2.68 bits per heavy atom. The number of aromatic nitrogens is 4. The van der Waals surface area contributed by atoms with Gasteiger partial charge < -0.3 is 14.8 Å². The Hall–Kier alpha value is -3.33. The quantitative estimate of drug-likeness (QED) is 0.190. The molecule has 0 bridgehead atoms. The third kappa shape index (κ3) is 5.25. The van der Waals surface area contributed by atoms with Gasteiger partial charge in [0.05, 0.1) is 17.7 Å². The summed E-state index contributed by atoms with van der Waals surface area (Å²) in [7, 11) is 3.75. The fourth-order valence-corrected chi connectivity index (χ4v) is 4.14. The summed E-state index contributed by atoms with van der Waals surface area (Å²) >= 11 is 1.51. The minimum Gasteiger partial charge on any atom is -0.340 e. The number of nitrogens with zero attached hydrogens (tertiary/aromatic N) is 5. The summed E-state index contributed by atoms with van der Waals surface area (Å²) < 4.78 is 16.7. The van der Waals surface area contributed by atoms with Gasteiger partial charge in [0, 0.05) is 48.1 Å². The van der Waals surface area contributed by atoms with Crippen molar-refractivity contribution >= 4 is 34.7 Å². The van der Waals surface area contributed by atoms with Crippen molar-refractivity contribution in [2.45, 2.75) is 31.6 Å². The summed E-state index contributed by atoms with van der Waals surface area (Å²) in [4.78, 5) is 12.1. The van der Waals surface area contributed by atoms with Gasteiger partial charge in [0.1, 0.15) is 17.5 Å². The molecule has 3 aromatic rings. The van der Waals surface area contributed by atoms with Gasteiger partial charge >= 0.3 is 0 Å². The van der Waals surface area contributed by atoms with Crippen LogP contribution in [0.3, 0.4) is 0 Å². The Morgan fingerprint density at radius 2 is 2.12 bits per heavy atom. The normalized spacial score (nSPS) is 14.7. The highest BCUT2D eigenvalue weighted by atomic mass is 32.2. The molecule has 1 aromatic carbocycles. The zero-order chi connectivity index (χ0) is 24.4. The Balaban J connectivity index is 1.77. The van der Waals surface area contributed by atoms with Gasteiger partial charge in [-0.2, -0.15) is 5.10 Å². The number of aliphatic imine (C=N–C) groups is 1. The highest BCUT2D eigenvalue weighted by molar-refractivity contribution is 7.98. The molecule has 0 spiro atoms. The SMILES string of the molecule is C=C(/C(=C(\N=C(/C)N(C)c1ccc(SC)cc1F)Nc1cc(C)[nH]n1)C1CC1)c1cn(C)cn1. The van der Waals surface area contributed by atoms with E-state index in [1.54, 1.807) is 23.4 Å². The van der Waals surface area contributed by atoms with Crippen molar-refractivity contribution in [3.63, 3.8) is 0 Å². The first-order chi connectivity index (χ1) is 16.3. The van der Waals surface area contributed by atoms with Crippen molar-refractivity contribution in [1.82, 2.24) is 19.7 Å². The number of anilines is 2. The van der Waals surface area contributed by atoms with Crippen LogP contribution in [-0.2, 0) is 7.05 Å². The van der Waals surface area contributed by atoms with Crippen LogP contribution in [0.25, 0.3) is 5.57 Å². The number of aryl methyl sites for hydroxylation is 2. The van der Waals surface area contributed by atoms with E-state index in [9.17, 15) is 4.39 Å². The van der Waals surface area contributed by atoms with Crippen molar-refractivity contribution in [2.24, 2.45) is 18.0 Å². The molecule has 0 radical (unpaired) electrons. The summed E-state index contributed by atoms with van der Waals surface area (Å²) in [6, 6.07) is 7.16. The van der Waals surface area contributed by atoms with Crippen LogP contribution in [0.2, 0.25) is 0 Å². The molecule has 2 aromatic heterocycles. The molecule has 0 amide bonds. The Bertz CT molecular complexity index is 1270. The van der Waals surface area contributed by atoms with Crippen LogP contribution in [0.4, 0.5) is 15.9 Å². The molecule has 7 nitrogen and oxygen atoms in total. The fourth-order valence-electron chi connectivity index (χ4n) is 3.72. The predicted molar refractivity (Wildman–Crippen MR) is 139 cm³/mol. The maximum absolute atomic E-state index is 14.8. The van der Waals surface area contributed by atoms with E-state index in [1.165, 1.54) is 11.8 Å². The van der Waals surface area contributed by atoms with Crippen LogP contribution in [0.1, 0.15) is 31.2 Å². The van der Waals surface area contributed by atoms with E-state index in [4.69, 9.17) is 4.99 Å². The molecule has 2 N–H and O–H groups in total. The molecule has 0 unspecified atom stereocenters. The van der Waals surface area contributed by atoms with E-state index in [-0.39, 0.29) is 5.82 Å². The van der Waals surface area contributed by atoms with Crippen molar-refractivity contribution in [1.29, 1.82) is 0 Å². The third-order valence-electron chi connectivity index (χ3n) is 5.81. The molecule has 1 fully saturated rings. The molecule has 0 saturated heterocycles. The number of amidine groups is 1. The summed E-state index contributed by atoms with van der Waals surface area (Å²) in [6.07, 6.45) is 7.76. The number of H-pyrrole nitrogens is 1. The Kier molecular flexibility index (Phi) is 6.92. The molecule has 34 heavy (non-hydrogen) atoms. The lowest BCUT2D eigenvalue weighted by atomic mass is 10.0. The van der Waals surface area contributed by atoms with Crippen LogP contribution in [0.5, 0.6) is 0 Å². The lowest BCUT2D eigenvalue weighted by Gasteiger charge is -2.22. The second-order valence-corrected chi connectivity index (χ2v) is 9.42. The average molecular weight is 480 g/mol. The largest absolute Gasteiger partial charge is 0.340 e. The van der Waals surface area contributed by atoms with E-state index in [1.807, 2.05) is 57.1 Å². The van der Waals surface area contributed by atoms with Crippen molar-refractivity contribution < 1.29 is 4.39 Å². The number of aromatic amines is 1. The number of thioether (sulfide) groups is 1. The number of rotatable bonds is 8. The van der Waals surface area contributed by atoms with Crippen molar-refractivity contribution in [3.8, 4) is 0 Å². The number of benzene rings is 1. The zero-order valence-corrected chi connectivity index (χ0v) is 21.0. The maximum Gasteiger partial charge on any atom is 0.153 e. The molecular weight excluding hydrogens is 449 g/mol. The smallest absolute Gasteiger partial charge is 0.153 e. The first-order valence-electron chi connectivity index (χ1n) is 11.1. The van der Waals surface area contributed by atoms with Gasteiger partial charge in [0.2, 0.25) is 0 Å². The van der Waals surface area contributed by atoms with Gasteiger partial charge in [0.15, 0.2) is 5.82 Å². The van der Waals surface area contributed by atoms with Crippen molar-refractivity contribution in [2.75, 3.05) is 23.5 Å². The summed E-state index contributed by atoms with van der Waals surface area (Å²) in [5.41, 5.74) is 4.04. The van der Waals surface area contributed by atoms with Crippen LogP contribution in [-0.4, -0.2) is 38.9 Å². The monoisotopic (exact) mass is 479 g/mol. The molecule has 1 aliphatic carbocycles. The van der Waals surface area contributed by atoms with E-state index in [0.29, 0.717) is 29.1 Å². The van der Waals surface area contributed by atoms with E-state index in [0.717, 1.165) is 40.3 Å². The number of nitrogens with one attached hydrogen (secondary N) is 2. The number of hydrogen-bond acceptors (Lipinski definition) is 5. The molecule has 0 atom stereocenters. The third-order valence-corrected chi connectivity index (χ3v) is 6.53.